The summed E-state index contributed by atoms with van der Waals surface area (Å²) >= 11 is 12.4. The molecule has 3 aromatic rings. The molecule has 8 nitrogen and oxygen atoms in total. The van der Waals surface area contributed by atoms with E-state index in [1.807, 2.05) is 29.2 Å². The van der Waals surface area contributed by atoms with E-state index in [4.69, 9.17) is 32.9 Å². The molecule has 45 heavy (non-hydrogen) atoms. The summed E-state index contributed by atoms with van der Waals surface area (Å²) in [6.07, 6.45) is -4.59. The van der Waals surface area contributed by atoms with Gasteiger partial charge in [0.1, 0.15) is 17.6 Å². The van der Waals surface area contributed by atoms with Gasteiger partial charge < -0.3 is 15.0 Å². The van der Waals surface area contributed by atoms with Crippen molar-refractivity contribution in [2.45, 2.75) is 25.2 Å². The summed E-state index contributed by atoms with van der Waals surface area (Å²) in [5, 5.41) is 3.64. The predicted octanol–water partition coefficient (Wildman–Crippen LogP) is 6.44. The van der Waals surface area contributed by atoms with Crippen molar-refractivity contribution in [3.63, 3.8) is 0 Å². The molecule has 1 fully saturated rings. The number of piperazine rings is 1. The first-order chi connectivity index (χ1) is 21.5. The zero-order valence-corrected chi connectivity index (χ0v) is 26.2. The molecule has 238 valence electrons. The molecule has 0 spiro atoms. The topological polar surface area (TPSA) is 77.5 Å². The quantitative estimate of drug-likeness (QED) is 0.316. The van der Waals surface area contributed by atoms with Gasteiger partial charge in [-0.1, -0.05) is 47.5 Å². The number of hydrogen-bond acceptors (Lipinski definition) is 5. The molecule has 3 aromatic carbocycles. The number of amidine groups is 1. The summed E-state index contributed by atoms with van der Waals surface area (Å²) in [6, 6.07) is 15.7. The Morgan fingerprint density at radius 1 is 0.933 bits per heavy atom. The van der Waals surface area contributed by atoms with Crippen LogP contribution in [0, 0.1) is 0 Å². The predicted molar refractivity (Wildman–Crippen MR) is 167 cm³/mol. The maximum atomic E-state index is 14.6. The molecule has 13 heteroatoms. The van der Waals surface area contributed by atoms with Crippen LogP contribution in [0.3, 0.4) is 0 Å². The summed E-state index contributed by atoms with van der Waals surface area (Å²) in [5.41, 5.74) is 0.871. The molecule has 5 rings (SSSR count). The Hall–Kier alpha value is -3.80. The summed E-state index contributed by atoms with van der Waals surface area (Å²) in [4.78, 5) is 36.7. The number of nitrogens with zero attached hydrogens (tertiary/aromatic N) is 4. The zero-order valence-electron chi connectivity index (χ0n) is 24.7. The van der Waals surface area contributed by atoms with Crippen LogP contribution in [0.15, 0.2) is 71.7 Å². The SMILES string of the molecule is CCOc1cc(C(F)(F)F)ccc1C1=NC(c2ccc(Cl)cc2)C(c2ccc(Cl)cc2)N1C(=O)N1CCN(CC(=O)NC)CC1. The fraction of sp³-hybridized carbons (Fsp3) is 0.344. The van der Waals surface area contributed by atoms with Crippen molar-refractivity contribution in [3.05, 3.63) is 99.0 Å². The molecule has 1 saturated heterocycles. The number of ether oxygens (including phenoxy) is 1. The highest BCUT2D eigenvalue weighted by Gasteiger charge is 2.45. The summed E-state index contributed by atoms with van der Waals surface area (Å²) in [5.74, 6) is 0.0267. The van der Waals surface area contributed by atoms with Gasteiger partial charge in [0.25, 0.3) is 0 Å². The highest BCUT2D eigenvalue weighted by atomic mass is 35.5. The van der Waals surface area contributed by atoms with E-state index >= 15 is 0 Å². The normalized spacial score (nSPS) is 19.0. The zero-order chi connectivity index (χ0) is 32.3. The Labute approximate surface area is 269 Å². The van der Waals surface area contributed by atoms with Crippen LogP contribution in [0.25, 0.3) is 0 Å². The molecule has 2 aliphatic heterocycles. The van der Waals surface area contributed by atoms with E-state index in [2.05, 4.69) is 5.32 Å². The Bertz CT molecular complexity index is 1560. The van der Waals surface area contributed by atoms with Gasteiger partial charge in [0.2, 0.25) is 5.91 Å². The van der Waals surface area contributed by atoms with Crippen LogP contribution in [0.2, 0.25) is 10.0 Å². The van der Waals surface area contributed by atoms with Crippen molar-refractivity contribution >= 4 is 41.0 Å². The first-order valence-electron chi connectivity index (χ1n) is 14.4. The average molecular weight is 663 g/mol. The van der Waals surface area contributed by atoms with E-state index in [1.54, 1.807) is 48.0 Å². The molecular weight excluding hydrogens is 630 g/mol. The van der Waals surface area contributed by atoms with Crippen LogP contribution in [-0.2, 0) is 11.0 Å². The number of halogens is 5. The highest BCUT2D eigenvalue weighted by Crippen LogP contribution is 2.46. The van der Waals surface area contributed by atoms with Gasteiger partial charge in [-0.25, -0.2) is 4.79 Å². The average Bonchev–Trinajstić information content (AvgIpc) is 3.41. The first-order valence-corrected chi connectivity index (χ1v) is 15.2. The van der Waals surface area contributed by atoms with Crippen molar-refractivity contribution in [2.24, 2.45) is 4.99 Å². The van der Waals surface area contributed by atoms with E-state index in [-0.39, 0.29) is 42.2 Å². The van der Waals surface area contributed by atoms with Crippen molar-refractivity contribution in [2.75, 3.05) is 46.4 Å². The van der Waals surface area contributed by atoms with E-state index in [0.717, 1.165) is 23.3 Å². The molecule has 2 aliphatic rings. The number of benzene rings is 3. The van der Waals surface area contributed by atoms with Crippen LogP contribution >= 0.6 is 23.2 Å². The second-order valence-electron chi connectivity index (χ2n) is 10.7. The second-order valence-corrected chi connectivity index (χ2v) is 11.5. The smallest absolute Gasteiger partial charge is 0.416 e. The number of rotatable bonds is 7. The van der Waals surface area contributed by atoms with Crippen LogP contribution in [0.5, 0.6) is 5.75 Å². The molecule has 0 bridgehead atoms. The van der Waals surface area contributed by atoms with E-state index in [0.29, 0.717) is 36.2 Å². The number of carbonyl (C=O) groups excluding carboxylic acids is 2. The van der Waals surface area contributed by atoms with Crippen LogP contribution in [0.1, 0.15) is 41.3 Å². The minimum Gasteiger partial charge on any atom is -0.493 e. The molecule has 0 aromatic heterocycles. The van der Waals surface area contributed by atoms with Gasteiger partial charge in [-0.15, -0.1) is 0 Å². The monoisotopic (exact) mass is 661 g/mol. The minimum absolute atomic E-state index is 0.0362. The Balaban J connectivity index is 1.62. The first kappa shape index (κ1) is 32.6. The Morgan fingerprint density at radius 3 is 2.09 bits per heavy atom. The molecule has 2 atom stereocenters. The number of urea groups is 1. The number of hydrogen-bond donors (Lipinski definition) is 1. The molecular formula is C32H32Cl2F3N5O3. The highest BCUT2D eigenvalue weighted by molar-refractivity contribution is 6.30. The largest absolute Gasteiger partial charge is 0.493 e. The van der Waals surface area contributed by atoms with Crippen LogP contribution in [0.4, 0.5) is 18.0 Å². The van der Waals surface area contributed by atoms with Gasteiger partial charge in [-0.3, -0.25) is 19.6 Å². The van der Waals surface area contributed by atoms with Gasteiger partial charge in [0.05, 0.1) is 30.3 Å². The number of amides is 3. The standard InChI is InChI=1S/C32H32Cl2F3N5O3/c1-3-45-26-18-22(32(35,36)37)8-13-25(26)30-39-28(20-4-9-23(33)10-5-20)29(21-6-11-24(34)12-7-21)42(30)31(44)41-16-14-40(15-17-41)19-27(43)38-2/h4-13,18,28-29H,3,14-17,19H2,1-2H3,(H,38,43). The number of nitrogens with one attached hydrogen (secondary N) is 1. The minimum atomic E-state index is -4.59. The number of carbonyl (C=O) groups is 2. The molecule has 2 heterocycles. The van der Waals surface area contributed by atoms with Gasteiger partial charge in [0.15, 0.2) is 0 Å². The third kappa shape index (κ3) is 7.21. The summed E-state index contributed by atoms with van der Waals surface area (Å²) < 4.78 is 46.9. The summed E-state index contributed by atoms with van der Waals surface area (Å²) in [7, 11) is 1.57. The van der Waals surface area contributed by atoms with E-state index < -0.39 is 23.8 Å². The Morgan fingerprint density at radius 2 is 1.53 bits per heavy atom. The van der Waals surface area contributed by atoms with Gasteiger partial charge in [-0.05, 0) is 60.5 Å². The third-order valence-electron chi connectivity index (χ3n) is 7.83. The fourth-order valence-corrected chi connectivity index (χ4v) is 5.80. The van der Waals surface area contributed by atoms with Crippen LogP contribution < -0.4 is 10.1 Å². The summed E-state index contributed by atoms with van der Waals surface area (Å²) in [6.45, 7) is 3.60. The molecule has 2 unspecified atom stereocenters. The van der Waals surface area contributed by atoms with Crippen molar-refractivity contribution in [3.8, 4) is 5.75 Å². The molecule has 0 aliphatic carbocycles. The lowest BCUT2D eigenvalue weighted by Gasteiger charge is -2.39. The lowest BCUT2D eigenvalue weighted by atomic mass is 9.93. The van der Waals surface area contributed by atoms with Crippen molar-refractivity contribution in [1.29, 1.82) is 0 Å². The molecule has 1 N–H and O–H groups in total. The molecule has 0 radical (unpaired) electrons. The van der Waals surface area contributed by atoms with E-state index in [9.17, 15) is 22.8 Å². The van der Waals surface area contributed by atoms with Crippen LogP contribution in [-0.4, -0.2) is 78.9 Å². The number of likely N-dealkylation sites (N-methyl/N-ethyl adjacent to an activating group) is 1. The number of aliphatic imine (C=N–C) groups is 1. The van der Waals surface area contributed by atoms with Crippen molar-refractivity contribution in [1.82, 2.24) is 20.0 Å². The molecule has 0 saturated carbocycles. The van der Waals surface area contributed by atoms with E-state index in [1.165, 1.54) is 6.07 Å². The third-order valence-corrected chi connectivity index (χ3v) is 8.34. The number of alkyl halides is 3. The lowest BCUT2D eigenvalue weighted by Crippen LogP contribution is -2.55. The fourth-order valence-electron chi connectivity index (χ4n) is 5.54. The second kappa shape index (κ2) is 13.7. The van der Waals surface area contributed by atoms with Gasteiger partial charge in [0, 0.05) is 43.3 Å². The maximum absolute atomic E-state index is 14.6. The van der Waals surface area contributed by atoms with Gasteiger partial charge in [-0.2, -0.15) is 13.2 Å². The lowest BCUT2D eigenvalue weighted by molar-refractivity contribution is -0.137. The maximum Gasteiger partial charge on any atom is 0.416 e. The Kier molecular flexibility index (Phi) is 9.91. The molecule has 3 amide bonds. The van der Waals surface area contributed by atoms with Gasteiger partial charge >= 0.3 is 12.2 Å². The van der Waals surface area contributed by atoms with Crippen molar-refractivity contribution < 1.29 is 27.5 Å².